The molecule has 0 radical (unpaired) electrons. The van der Waals surface area contributed by atoms with Crippen LogP contribution in [0.15, 0.2) is 24.3 Å². The summed E-state index contributed by atoms with van der Waals surface area (Å²) in [5.74, 6) is -3.38. The maximum atomic E-state index is 12.1. The number of non-ortho nitro benzene ring substituents is 1. The third-order valence-corrected chi connectivity index (χ3v) is 3.36. The average molecular weight is 306 g/mol. The molecule has 1 atom stereocenters. The van der Waals surface area contributed by atoms with Gasteiger partial charge in [-0.2, -0.15) is 0 Å². The van der Waals surface area contributed by atoms with Crippen molar-refractivity contribution in [3.05, 3.63) is 34.4 Å². The minimum Gasteiger partial charge on any atom is -0.465 e. The molecule has 8 nitrogen and oxygen atoms in total. The van der Waals surface area contributed by atoms with Crippen LogP contribution >= 0.6 is 0 Å². The van der Waals surface area contributed by atoms with E-state index >= 15 is 0 Å². The molecule has 1 aliphatic heterocycles. The van der Waals surface area contributed by atoms with Crippen molar-refractivity contribution >= 4 is 29.0 Å². The van der Waals surface area contributed by atoms with Gasteiger partial charge in [0.15, 0.2) is 0 Å². The highest BCUT2D eigenvalue weighted by Gasteiger charge is 2.40. The largest absolute Gasteiger partial charge is 0.465 e. The van der Waals surface area contributed by atoms with Gasteiger partial charge in [0, 0.05) is 24.4 Å². The standard InChI is InChI=1S/C14H14N2O6/c1-2-22-14(19)11-7-8-15(13(18)12(11)17)9-3-5-10(6-4-9)16(20)21/h3-6,11H,2,7-8H2,1H3. The summed E-state index contributed by atoms with van der Waals surface area (Å²) in [5.41, 5.74) is 0.273. The van der Waals surface area contributed by atoms with Gasteiger partial charge in [0.05, 0.1) is 11.5 Å². The van der Waals surface area contributed by atoms with Gasteiger partial charge in [-0.15, -0.1) is 0 Å². The van der Waals surface area contributed by atoms with Crippen LogP contribution in [0.3, 0.4) is 0 Å². The molecule has 1 heterocycles. The summed E-state index contributed by atoms with van der Waals surface area (Å²) in [6, 6.07) is 5.30. The van der Waals surface area contributed by atoms with E-state index in [0.29, 0.717) is 5.69 Å². The molecule has 0 saturated carbocycles. The number of hydrogen-bond donors (Lipinski definition) is 0. The number of ether oxygens (including phenoxy) is 1. The van der Waals surface area contributed by atoms with Crippen LogP contribution < -0.4 is 4.90 Å². The summed E-state index contributed by atoms with van der Waals surface area (Å²) in [4.78, 5) is 47.0. The first-order chi connectivity index (χ1) is 10.5. The molecule has 0 bridgehead atoms. The van der Waals surface area contributed by atoms with Crippen LogP contribution in [0.1, 0.15) is 13.3 Å². The number of hydrogen-bond acceptors (Lipinski definition) is 6. The number of nitro benzene ring substituents is 1. The third kappa shape index (κ3) is 2.95. The van der Waals surface area contributed by atoms with Gasteiger partial charge >= 0.3 is 5.97 Å². The van der Waals surface area contributed by atoms with Crippen LogP contribution in [0.2, 0.25) is 0 Å². The normalized spacial score (nSPS) is 18.2. The number of rotatable bonds is 4. The van der Waals surface area contributed by atoms with Gasteiger partial charge in [-0.3, -0.25) is 24.5 Å². The van der Waals surface area contributed by atoms with E-state index in [4.69, 9.17) is 4.74 Å². The molecule has 22 heavy (non-hydrogen) atoms. The summed E-state index contributed by atoms with van der Waals surface area (Å²) in [5, 5.41) is 10.6. The van der Waals surface area contributed by atoms with Gasteiger partial charge in [-0.25, -0.2) is 0 Å². The lowest BCUT2D eigenvalue weighted by atomic mass is 9.94. The monoisotopic (exact) mass is 306 g/mol. The minimum absolute atomic E-state index is 0.107. The molecule has 0 aromatic heterocycles. The molecule has 0 spiro atoms. The van der Waals surface area contributed by atoms with Crippen LogP contribution in [-0.2, 0) is 19.1 Å². The zero-order chi connectivity index (χ0) is 16.3. The highest BCUT2D eigenvalue weighted by molar-refractivity contribution is 6.45. The van der Waals surface area contributed by atoms with Crippen molar-refractivity contribution in [3.8, 4) is 0 Å². The fourth-order valence-electron chi connectivity index (χ4n) is 2.24. The number of anilines is 1. The van der Waals surface area contributed by atoms with Gasteiger partial charge in [0.25, 0.3) is 11.6 Å². The summed E-state index contributed by atoms with van der Waals surface area (Å²) >= 11 is 0. The Labute approximate surface area is 125 Å². The van der Waals surface area contributed by atoms with E-state index in [1.54, 1.807) is 6.92 Å². The topological polar surface area (TPSA) is 107 Å². The zero-order valence-electron chi connectivity index (χ0n) is 11.9. The van der Waals surface area contributed by atoms with Gasteiger partial charge in [0.2, 0.25) is 5.78 Å². The van der Waals surface area contributed by atoms with Crippen LogP contribution in [0.5, 0.6) is 0 Å². The number of ketones is 1. The molecule has 0 aliphatic carbocycles. The molecular formula is C14H14N2O6. The molecule has 116 valence electrons. The van der Waals surface area contributed by atoms with Gasteiger partial charge in [-0.1, -0.05) is 0 Å². The first-order valence-electron chi connectivity index (χ1n) is 6.72. The van der Waals surface area contributed by atoms with Crippen LogP contribution in [0.4, 0.5) is 11.4 Å². The predicted octanol–water partition coefficient (Wildman–Crippen LogP) is 1.08. The maximum Gasteiger partial charge on any atom is 0.317 e. The lowest BCUT2D eigenvalue weighted by Gasteiger charge is -2.29. The maximum absolute atomic E-state index is 12.1. The summed E-state index contributed by atoms with van der Waals surface area (Å²) in [6.07, 6.45) is 0.167. The molecule has 1 aromatic carbocycles. The van der Waals surface area contributed by atoms with Crippen molar-refractivity contribution in [1.29, 1.82) is 0 Å². The Morgan fingerprint density at radius 2 is 2.00 bits per heavy atom. The lowest BCUT2D eigenvalue weighted by Crippen LogP contribution is -2.49. The molecule has 0 N–H and O–H groups in total. The Hall–Kier alpha value is -2.77. The number of nitro groups is 1. The van der Waals surface area contributed by atoms with Crippen molar-refractivity contribution in [2.24, 2.45) is 5.92 Å². The average Bonchev–Trinajstić information content (AvgIpc) is 2.50. The Bertz CT molecular complexity index is 625. The Morgan fingerprint density at radius 3 is 2.55 bits per heavy atom. The van der Waals surface area contributed by atoms with E-state index < -0.39 is 28.5 Å². The molecule has 1 aliphatic rings. The number of amides is 1. The summed E-state index contributed by atoms with van der Waals surface area (Å²) in [7, 11) is 0. The highest BCUT2D eigenvalue weighted by Crippen LogP contribution is 2.25. The molecule has 1 saturated heterocycles. The first-order valence-corrected chi connectivity index (χ1v) is 6.72. The second-order valence-corrected chi connectivity index (χ2v) is 4.69. The lowest BCUT2D eigenvalue weighted by molar-refractivity contribution is -0.384. The minimum atomic E-state index is -1.07. The Balaban J connectivity index is 2.15. The highest BCUT2D eigenvalue weighted by atomic mass is 16.6. The van der Waals surface area contributed by atoms with Crippen LogP contribution in [-0.4, -0.2) is 35.7 Å². The fraction of sp³-hybridized carbons (Fsp3) is 0.357. The molecular weight excluding hydrogens is 292 g/mol. The second kappa shape index (κ2) is 6.33. The molecule has 1 aromatic rings. The summed E-state index contributed by atoms with van der Waals surface area (Å²) in [6.45, 7) is 1.94. The Kier molecular flexibility index (Phi) is 4.50. The molecule has 2 rings (SSSR count). The van der Waals surface area contributed by atoms with Gasteiger partial charge in [-0.05, 0) is 25.5 Å². The van der Waals surface area contributed by atoms with Crippen molar-refractivity contribution in [2.45, 2.75) is 13.3 Å². The van der Waals surface area contributed by atoms with E-state index in [-0.39, 0.29) is 25.3 Å². The van der Waals surface area contributed by atoms with Crippen LogP contribution in [0, 0.1) is 16.0 Å². The molecule has 1 unspecified atom stereocenters. The van der Waals surface area contributed by atoms with E-state index in [1.807, 2.05) is 0 Å². The van der Waals surface area contributed by atoms with E-state index in [2.05, 4.69) is 0 Å². The van der Waals surface area contributed by atoms with E-state index in [9.17, 15) is 24.5 Å². The first kappa shape index (κ1) is 15.6. The predicted molar refractivity (Wildman–Crippen MR) is 75.2 cm³/mol. The van der Waals surface area contributed by atoms with Crippen molar-refractivity contribution in [2.75, 3.05) is 18.1 Å². The summed E-state index contributed by atoms with van der Waals surface area (Å²) < 4.78 is 4.78. The fourth-order valence-corrected chi connectivity index (χ4v) is 2.24. The van der Waals surface area contributed by atoms with Crippen LogP contribution in [0.25, 0.3) is 0 Å². The van der Waals surface area contributed by atoms with Crippen molar-refractivity contribution < 1.29 is 24.0 Å². The van der Waals surface area contributed by atoms with Gasteiger partial charge in [0.1, 0.15) is 5.92 Å². The van der Waals surface area contributed by atoms with E-state index in [0.717, 1.165) is 0 Å². The Morgan fingerprint density at radius 1 is 1.36 bits per heavy atom. The van der Waals surface area contributed by atoms with Crippen molar-refractivity contribution in [3.63, 3.8) is 0 Å². The molecule has 1 fully saturated rings. The SMILES string of the molecule is CCOC(=O)C1CCN(c2ccc([N+](=O)[O-])cc2)C(=O)C1=O. The number of esters is 1. The number of benzene rings is 1. The zero-order valence-corrected chi connectivity index (χ0v) is 11.9. The number of carbonyl (C=O) groups excluding carboxylic acids is 3. The smallest absolute Gasteiger partial charge is 0.317 e. The third-order valence-electron chi connectivity index (χ3n) is 3.36. The number of carbonyl (C=O) groups is 3. The quantitative estimate of drug-likeness (QED) is 0.271. The van der Waals surface area contributed by atoms with Gasteiger partial charge < -0.3 is 9.64 Å². The number of piperidine rings is 1. The van der Waals surface area contributed by atoms with Crippen molar-refractivity contribution in [1.82, 2.24) is 0 Å². The molecule has 8 heteroatoms. The van der Waals surface area contributed by atoms with E-state index in [1.165, 1.54) is 29.2 Å². The number of Topliss-reactive ketones (excluding diaryl/α,β-unsaturated/α-hetero) is 1. The second-order valence-electron chi connectivity index (χ2n) is 4.69. The number of nitrogens with zero attached hydrogens (tertiary/aromatic N) is 2. The molecule has 1 amide bonds.